The van der Waals surface area contributed by atoms with Crippen LogP contribution in [-0.2, 0) is 9.05 Å². The van der Waals surface area contributed by atoms with Crippen molar-refractivity contribution in [3.8, 4) is 5.75 Å². The molecule has 1 aromatic carbocycles. The standard InChI is InChI=1S/C14H20ClNO4S/c1-5-10(3)16(6-2)14(17)11-7-8-12(20-4)13(9-11)21(15,18)19/h7-10H,5-6H2,1-4H3. The van der Waals surface area contributed by atoms with Gasteiger partial charge in [0, 0.05) is 28.8 Å². The average Bonchev–Trinajstić information content (AvgIpc) is 2.45. The Hall–Kier alpha value is -1.27. The maximum Gasteiger partial charge on any atom is 0.265 e. The number of methoxy groups -OCH3 is 1. The lowest BCUT2D eigenvalue weighted by Gasteiger charge is -2.27. The molecule has 0 spiro atoms. The number of carbonyl (C=O) groups excluding carboxylic acids is 1. The van der Waals surface area contributed by atoms with Gasteiger partial charge in [0.25, 0.3) is 15.0 Å². The SMILES string of the molecule is CCC(C)N(CC)C(=O)c1ccc(OC)c(S(=O)(=O)Cl)c1. The molecule has 0 aliphatic heterocycles. The van der Waals surface area contributed by atoms with E-state index in [-0.39, 0.29) is 28.2 Å². The molecule has 7 heteroatoms. The van der Waals surface area contributed by atoms with Gasteiger partial charge < -0.3 is 9.64 Å². The van der Waals surface area contributed by atoms with Gasteiger partial charge in [0.1, 0.15) is 10.6 Å². The second-order valence-electron chi connectivity index (χ2n) is 4.65. The summed E-state index contributed by atoms with van der Waals surface area (Å²) in [6, 6.07) is 4.31. The van der Waals surface area contributed by atoms with Crippen LogP contribution < -0.4 is 4.74 Å². The van der Waals surface area contributed by atoms with Crippen LogP contribution in [0.5, 0.6) is 5.75 Å². The molecular formula is C14H20ClNO4S. The molecule has 0 radical (unpaired) electrons. The fourth-order valence-electron chi connectivity index (χ4n) is 2.04. The van der Waals surface area contributed by atoms with Crippen molar-refractivity contribution in [2.24, 2.45) is 0 Å². The Morgan fingerprint density at radius 3 is 2.43 bits per heavy atom. The first-order valence-corrected chi connectivity index (χ1v) is 9.00. The van der Waals surface area contributed by atoms with Crippen LogP contribution in [0.1, 0.15) is 37.6 Å². The average molecular weight is 334 g/mol. The molecule has 1 unspecified atom stereocenters. The topological polar surface area (TPSA) is 63.7 Å². The molecule has 0 saturated heterocycles. The number of nitrogens with zero attached hydrogens (tertiary/aromatic N) is 1. The Morgan fingerprint density at radius 1 is 1.38 bits per heavy atom. The first kappa shape index (κ1) is 17.8. The maximum absolute atomic E-state index is 12.5. The quantitative estimate of drug-likeness (QED) is 0.751. The van der Waals surface area contributed by atoms with Crippen molar-refractivity contribution in [3.05, 3.63) is 23.8 Å². The summed E-state index contributed by atoms with van der Waals surface area (Å²) < 4.78 is 28.1. The number of amides is 1. The van der Waals surface area contributed by atoms with Gasteiger partial charge in [0.2, 0.25) is 0 Å². The van der Waals surface area contributed by atoms with E-state index in [1.54, 1.807) is 4.90 Å². The van der Waals surface area contributed by atoms with Gasteiger partial charge in [-0.15, -0.1) is 0 Å². The van der Waals surface area contributed by atoms with Gasteiger partial charge in [-0.3, -0.25) is 4.79 Å². The Bertz CT molecular complexity index is 615. The van der Waals surface area contributed by atoms with Crippen LogP contribution in [0, 0.1) is 0 Å². The third-order valence-corrected chi connectivity index (χ3v) is 4.74. The van der Waals surface area contributed by atoms with Crippen LogP contribution in [0.2, 0.25) is 0 Å². The van der Waals surface area contributed by atoms with Gasteiger partial charge in [-0.05, 0) is 38.5 Å². The normalized spacial score (nSPS) is 12.8. The zero-order chi connectivity index (χ0) is 16.2. The van der Waals surface area contributed by atoms with Crippen molar-refractivity contribution >= 4 is 25.6 Å². The second kappa shape index (κ2) is 7.13. The zero-order valence-corrected chi connectivity index (χ0v) is 14.2. The largest absolute Gasteiger partial charge is 0.495 e. The molecule has 0 fully saturated rings. The van der Waals surface area contributed by atoms with Crippen LogP contribution in [0.15, 0.2) is 23.1 Å². The lowest BCUT2D eigenvalue weighted by molar-refractivity contribution is 0.0699. The monoisotopic (exact) mass is 333 g/mol. The molecule has 5 nitrogen and oxygen atoms in total. The predicted octanol–water partition coefficient (Wildman–Crippen LogP) is 2.88. The third-order valence-electron chi connectivity index (χ3n) is 3.40. The van der Waals surface area contributed by atoms with Gasteiger partial charge >= 0.3 is 0 Å². The fourth-order valence-corrected chi connectivity index (χ4v) is 3.06. The minimum absolute atomic E-state index is 0.0701. The number of halogens is 1. The van der Waals surface area contributed by atoms with Gasteiger partial charge in [-0.1, -0.05) is 6.92 Å². The summed E-state index contributed by atoms with van der Waals surface area (Å²) in [5, 5.41) is 0. The number of rotatable bonds is 6. The first-order chi connectivity index (χ1) is 9.76. The molecule has 0 aliphatic carbocycles. The molecule has 21 heavy (non-hydrogen) atoms. The Morgan fingerprint density at radius 2 is 2.00 bits per heavy atom. The van der Waals surface area contributed by atoms with Crippen molar-refractivity contribution in [2.45, 2.75) is 38.1 Å². The van der Waals surface area contributed by atoms with Crippen molar-refractivity contribution in [1.29, 1.82) is 0 Å². The van der Waals surface area contributed by atoms with Gasteiger partial charge in [-0.2, -0.15) is 0 Å². The lowest BCUT2D eigenvalue weighted by atomic mass is 10.1. The highest BCUT2D eigenvalue weighted by Crippen LogP contribution is 2.28. The van der Waals surface area contributed by atoms with Crippen LogP contribution in [0.3, 0.4) is 0 Å². The third kappa shape index (κ3) is 4.11. The molecule has 0 saturated carbocycles. The van der Waals surface area contributed by atoms with E-state index in [0.717, 1.165) is 6.42 Å². The van der Waals surface area contributed by atoms with Crippen LogP contribution in [-0.4, -0.2) is 38.9 Å². The molecule has 1 aromatic rings. The van der Waals surface area contributed by atoms with E-state index in [1.807, 2.05) is 20.8 Å². The van der Waals surface area contributed by atoms with Gasteiger partial charge in [0.15, 0.2) is 0 Å². The van der Waals surface area contributed by atoms with Crippen molar-refractivity contribution in [3.63, 3.8) is 0 Å². The van der Waals surface area contributed by atoms with E-state index >= 15 is 0 Å². The maximum atomic E-state index is 12.5. The van der Waals surface area contributed by atoms with E-state index in [9.17, 15) is 13.2 Å². The summed E-state index contributed by atoms with van der Waals surface area (Å²) >= 11 is 0. The van der Waals surface area contributed by atoms with Gasteiger partial charge in [0.05, 0.1) is 7.11 Å². The summed E-state index contributed by atoms with van der Waals surface area (Å²) in [5.41, 5.74) is 0.275. The first-order valence-electron chi connectivity index (χ1n) is 6.69. The Kier molecular flexibility index (Phi) is 6.04. The molecular weight excluding hydrogens is 314 g/mol. The summed E-state index contributed by atoms with van der Waals surface area (Å²) in [7, 11) is 2.75. The van der Waals surface area contributed by atoms with Crippen molar-refractivity contribution in [1.82, 2.24) is 4.90 Å². The molecule has 0 bridgehead atoms. The minimum atomic E-state index is -3.98. The molecule has 0 heterocycles. The number of hydrogen-bond donors (Lipinski definition) is 0. The number of ether oxygens (including phenoxy) is 1. The van der Waals surface area contributed by atoms with E-state index in [4.69, 9.17) is 15.4 Å². The minimum Gasteiger partial charge on any atom is -0.495 e. The molecule has 1 rings (SSSR count). The summed E-state index contributed by atoms with van der Waals surface area (Å²) in [6.07, 6.45) is 0.816. The molecule has 118 valence electrons. The van der Waals surface area contributed by atoms with Crippen LogP contribution in [0.25, 0.3) is 0 Å². The van der Waals surface area contributed by atoms with Crippen LogP contribution in [0.4, 0.5) is 0 Å². The Balaban J connectivity index is 3.29. The van der Waals surface area contributed by atoms with Crippen LogP contribution >= 0.6 is 10.7 Å². The highest BCUT2D eigenvalue weighted by atomic mass is 35.7. The van der Waals surface area contributed by atoms with E-state index in [2.05, 4.69) is 0 Å². The number of carbonyl (C=O) groups is 1. The molecule has 1 atom stereocenters. The van der Waals surface area contributed by atoms with E-state index in [1.165, 1.54) is 25.3 Å². The molecule has 0 aliphatic rings. The Labute approximate surface area is 130 Å². The van der Waals surface area contributed by atoms with E-state index in [0.29, 0.717) is 6.54 Å². The summed E-state index contributed by atoms with van der Waals surface area (Å²) in [5.74, 6) is -0.107. The number of benzene rings is 1. The lowest BCUT2D eigenvalue weighted by Crippen LogP contribution is -2.38. The fraction of sp³-hybridized carbons (Fsp3) is 0.500. The zero-order valence-electron chi connectivity index (χ0n) is 12.6. The number of hydrogen-bond acceptors (Lipinski definition) is 4. The van der Waals surface area contributed by atoms with Crippen molar-refractivity contribution < 1.29 is 17.9 Å². The molecule has 0 aromatic heterocycles. The molecule has 0 N–H and O–H groups in total. The smallest absolute Gasteiger partial charge is 0.265 e. The summed E-state index contributed by atoms with van der Waals surface area (Å²) in [4.78, 5) is 14.0. The highest BCUT2D eigenvalue weighted by molar-refractivity contribution is 8.13. The van der Waals surface area contributed by atoms with E-state index < -0.39 is 9.05 Å². The predicted molar refractivity (Wildman–Crippen MR) is 82.5 cm³/mol. The highest BCUT2D eigenvalue weighted by Gasteiger charge is 2.23. The second-order valence-corrected chi connectivity index (χ2v) is 7.19. The van der Waals surface area contributed by atoms with Gasteiger partial charge in [-0.25, -0.2) is 8.42 Å². The van der Waals surface area contributed by atoms with Crippen molar-refractivity contribution in [2.75, 3.05) is 13.7 Å². The molecule has 1 amide bonds. The summed E-state index contributed by atoms with van der Waals surface area (Å²) in [6.45, 7) is 6.36.